The summed E-state index contributed by atoms with van der Waals surface area (Å²) in [5, 5.41) is 11.7. The number of carbonyl (C=O) groups excluding carboxylic acids is 1. The SMILES string of the molecule is CNC(=O)C(C#N)=Cc1c(Oc2cc(C)cc(C)c2)nc2c(C)cccn2c1=O. The van der Waals surface area contributed by atoms with Gasteiger partial charge in [-0.15, -0.1) is 0 Å². The lowest BCUT2D eigenvalue weighted by atomic mass is 10.1. The first-order valence-electron chi connectivity index (χ1n) is 8.96. The van der Waals surface area contributed by atoms with Crippen LogP contribution in [0.2, 0.25) is 0 Å². The van der Waals surface area contributed by atoms with E-state index in [9.17, 15) is 14.9 Å². The van der Waals surface area contributed by atoms with Gasteiger partial charge in [0, 0.05) is 13.2 Å². The van der Waals surface area contributed by atoms with Gasteiger partial charge in [-0.1, -0.05) is 12.1 Å². The second-order valence-corrected chi connectivity index (χ2v) is 6.70. The van der Waals surface area contributed by atoms with Gasteiger partial charge in [0.1, 0.15) is 28.6 Å². The molecule has 2 heterocycles. The highest BCUT2D eigenvalue weighted by atomic mass is 16.5. The number of aromatic nitrogens is 2. The number of nitrogens with zero attached hydrogens (tertiary/aromatic N) is 3. The Kier molecular flexibility index (Phi) is 5.46. The molecule has 146 valence electrons. The first-order chi connectivity index (χ1) is 13.8. The van der Waals surface area contributed by atoms with E-state index in [1.807, 2.05) is 51.1 Å². The third kappa shape index (κ3) is 4.01. The summed E-state index contributed by atoms with van der Waals surface area (Å²) in [5.41, 5.74) is 2.58. The normalized spacial score (nSPS) is 11.2. The van der Waals surface area contributed by atoms with Crippen LogP contribution in [0.25, 0.3) is 11.7 Å². The first-order valence-corrected chi connectivity index (χ1v) is 8.96. The molecule has 0 unspecified atom stereocenters. The minimum Gasteiger partial charge on any atom is -0.438 e. The van der Waals surface area contributed by atoms with E-state index in [-0.39, 0.29) is 17.0 Å². The summed E-state index contributed by atoms with van der Waals surface area (Å²) in [6, 6.07) is 11.0. The molecule has 0 saturated carbocycles. The van der Waals surface area contributed by atoms with Crippen LogP contribution in [0.15, 0.2) is 46.9 Å². The maximum absolute atomic E-state index is 13.1. The van der Waals surface area contributed by atoms with E-state index in [1.54, 1.807) is 12.3 Å². The molecule has 0 aliphatic carbocycles. The summed E-state index contributed by atoms with van der Waals surface area (Å²) in [6.45, 7) is 5.71. The molecular formula is C22H20N4O3. The highest BCUT2D eigenvalue weighted by Gasteiger charge is 2.17. The largest absolute Gasteiger partial charge is 0.438 e. The van der Waals surface area contributed by atoms with Gasteiger partial charge in [0.25, 0.3) is 11.5 Å². The van der Waals surface area contributed by atoms with Gasteiger partial charge in [-0.3, -0.25) is 14.0 Å². The number of hydrogen-bond donors (Lipinski definition) is 1. The molecule has 7 nitrogen and oxygen atoms in total. The highest BCUT2D eigenvalue weighted by Crippen LogP contribution is 2.26. The fraction of sp³-hybridized carbons (Fsp3) is 0.182. The van der Waals surface area contributed by atoms with E-state index in [0.29, 0.717) is 11.4 Å². The van der Waals surface area contributed by atoms with Crippen molar-refractivity contribution >= 4 is 17.6 Å². The smallest absolute Gasteiger partial charge is 0.269 e. The average molecular weight is 388 g/mol. The minimum absolute atomic E-state index is 0.0207. The van der Waals surface area contributed by atoms with Crippen molar-refractivity contribution in [1.29, 1.82) is 5.26 Å². The van der Waals surface area contributed by atoms with Crippen LogP contribution in [0.5, 0.6) is 11.6 Å². The monoisotopic (exact) mass is 388 g/mol. The summed E-state index contributed by atoms with van der Waals surface area (Å²) in [5.74, 6) is -0.0509. The number of nitrogens with one attached hydrogen (secondary N) is 1. The van der Waals surface area contributed by atoms with E-state index in [4.69, 9.17) is 4.74 Å². The molecule has 3 rings (SSSR count). The molecule has 0 radical (unpaired) electrons. The van der Waals surface area contributed by atoms with Gasteiger partial charge in [0.2, 0.25) is 5.88 Å². The third-order valence-corrected chi connectivity index (χ3v) is 4.34. The van der Waals surface area contributed by atoms with E-state index in [2.05, 4.69) is 10.3 Å². The van der Waals surface area contributed by atoms with Crippen LogP contribution in [-0.4, -0.2) is 22.3 Å². The average Bonchev–Trinajstić information content (AvgIpc) is 2.67. The van der Waals surface area contributed by atoms with Crippen LogP contribution >= 0.6 is 0 Å². The molecule has 0 aliphatic rings. The second kappa shape index (κ2) is 7.98. The van der Waals surface area contributed by atoms with Crippen LogP contribution in [0.1, 0.15) is 22.3 Å². The number of rotatable bonds is 4. The second-order valence-electron chi connectivity index (χ2n) is 6.70. The van der Waals surface area contributed by atoms with Crippen molar-refractivity contribution in [2.75, 3.05) is 7.05 Å². The standard InChI is InChI=1S/C22H20N4O3/c1-13-8-14(2)10-17(9-13)29-21-18(11-16(12-23)20(27)24-4)22(28)26-7-5-6-15(3)19(26)25-21/h5-11H,1-4H3,(H,24,27). The highest BCUT2D eigenvalue weighted by molar-refractivity contribution is 6.01. The molecule has 0 fully saturated rings. The van der Waals surface area contributed by atoms with Gasteiger partial charge in [-0.2, -0.15) is 10.2 Å². The van der Waals surface area contributed by atoms with Crippen molar-refractivity contribution < 1.29 is 9.53 Å². The molecule has 0 atom stereocenters. The van der Waals surface area contributed by atoms with Crippen molar-refractivity contribution in [1.82, 2.24) is 14.7 Å². The van der Waals surface area contributed by atoms with Crippen LogP contribution in [0.3, 0.4) is 0 Å². The zero-order valence-electron chi connectivity index (χ0n) is 16.6. The van der Waals surface area contributed by atoms with Crippen molar-refractivity contribution in [3.63, 3.8) is 0 Å². The lowest BCUT2D eigenvalue weighted by Gasteiger charge is -2.12. The molecule has 1 amide bonds. The molecule has 7 heteroatoms. The Balaban J connectivity index is 2.30. The number of hydrogen-bond acceptors (Lipinski definition) is 5. The van der Waals surface area contributed by atoms with Crippen molar-refractivity contribution in [2.45, 2.75) is 20.8 Å². The van der Waals surface area contributed by atoms with E-state index < -0.39 is 11.5 Å². The van der Waals surface area contributed by atoms with Gasteiger partial charge < -0.3 is 10.1 Å². The summed E-state index contributed by atoms with van der Waals surface area (Å²) in [7, 11) is 1.41. The molecule has 0 spiro atoms. The summed E-state index contributed by atoms with van der Waals surface area (Å²) in [4.78, 5) is 29.6. The molecule has 0 bridgehead atoms. The van der Waals surface area contributed by atoms with Crippen molar-refractivity contribution in [3.8, 4) is 17.7 Å². The number of nitriles is 1. The number of benzene rings is 1. The quantitative estimate of drug-likeness (QED) is 0.547. The lowest BCUT2D eigenvalue weighted by Crippen LogP contribution is -2.22. The first kappa shape index (κ1) is 19.8. The zero-order valence-corrected chi connectivity index (χ0v) is 16.6. The van der Waals surface area contributed by atoms with E-state index in [0.717, 1.165) is 16.7 Å². The Morgan fingerprint density at radius 1 is 1.24 bits per heavy atom. The molecule has 0 aliphatic heterocycles. The maximum atomic E-state index is 13.1. The third-order valence-electron chi connectivity index (χ3n) is 4.34. The fourth-order valence-corrected chi connectivity index (χ4v) is 3.02. The molecule has 1 aromatic carbocycles. The molecule has 1 N–H and O–H groups in total. The zero-order chi connectivity index (χ0) is 21.1. The van der Waals surface area contributed by atoms with Crippen LogP contribution in [0, 0.1) is 32.1 Å². The van der Waals surface area contributed by atoms with Gasteiger partial charge in [0.15, 0.2) is 0 Å². The number of likely N-dealkylation sites (N-methyl/N-ethyl adjacent to an activating group) is 1. The molecular weight excluding hydrogens is 368 g/mol. The van der Waals surface area contributed by atoms with Gasteiger partial charge in [-0.05, 0) is 61.7 Å². The van der Waals surface area contributed by atoms with Crippen molar-refractivity contribution in [2.24, 2.45) is 0 Å². The van der Waals surface area contributed by atoms with Crippen LogP contribution in [-0.2, 0) is 4.79 Å². The molecule has 2 aromatic heterocycles. The van der Waals surface area contributed by atoms with Crippen molar-refractivity contribution in [3.05, 3.63) is 74.7 Å². The van der Waals surface area contributed by atoms with Crippen LogP contribution in [0.4, 0.5) is 0 Å². The maximum Gasteiger partial charge on any atom is 0.269 e. The topological polar surface area (TPSA) is 96.5 Å². The number of fused-ring (bicyclic) bond motifs is 1. The van der Waals surface area contributed by atoms with Gasteiger partial charge in [0.05, 0.1) is 0 Å². The molecule has 3 aromatic rings. The van der Waals surface area contributed by atoms with Crippen LogP contribution < -0.4 is 15.6 Å². The van der Waals surface area contributed by atoms with E-state index >= 15 is 0 Å². The number of amides is 1. The Morgan fingerprint density at radius 2 is 1.93 bits per heavy atom. The Labute approximate surface area is 167 Å². The Morgan fingerprint density at radius 3 is 2.55 bits per heavy atom. The minimum atomic E-state index is -0.599. The molecule has 29 heavy (non-hydrogen) atoms. The fourth-order valence-electron chi connectivity index (χ4n) is 3.02. The predicted octanol–water partition coefficient (Wildman–Crippen LogP) is 3.07. The summed E-state index contributed by atoms with van der Waals surface area (Å²) in [6.07, 6.45) is 2.79. The Hall–Kier alpha value is -3.92. The van der Waals surface area contributed by atoms with E-state index in [1.165, 1.54) is 17.5 Å². The lowest BCUT2D eigenvalue weighted by molar-refractivity contribution is -0.116. The molecule has 0 saturated heterocycles. The predicted molar refractivity (Wildman–Crippen MR) is 110 cm³/mol. The van der Waals surface area contributed by atoms with Gasteiger partial charge >= 0.3 is 0 Å². The number of carbonyl (C=O) groups is 1. The van der Waals surface area contributed by atoms with Gasteiger partial charge in [-0.25, -0.2) is 0 Å². The Bertz CT molecular complexity index is 1230. The number of pyridine rings is 1. The summed E-state index contributed by atoms with van der Waals surface area (Å²) >= 11 is 0. The number of ether oxygens (including phenoxy) is 1. The summed E-state index contributed by atoms with van der Waals surface area (Å²) < 4.78 is 7.33. The number of aryl methyl sites for hydroxylation is 3.